The van der Waals surface area contributed by atoms with E-state index in [1.54, 1.807) is 6.92 Å². The van der Waals surface area contributed by atoms with E-state index in [0.29, 0.717) is 24.0 Å². The third-order valence-electron chi connectivity index (χ3n) is 6.65. The largest absolute Gasteiger partial charge is 0.462 e. The number of carbonyl (C=O) groups excluding carboxylic acids is 2. The van der Waals surface area contributed by atoms with Crippen LogP contribution in [0.3, 0.4) is 0 Å². The van der Waals surface area contributed by atoms with Crippen molar-refractivity contribution in [3.63, 3.8) is 0 Å². The van der Waals surface area contributed by atoms with Gasteiger partial charge in [-0.05, 0) is 50.2 Å². The van der Waals surface area contributed by atoms with Crippen molar-refractivity contribution in [2.24, 2.45) is 11.8 Å². The lowest BCUT2D eigenvalue weighted by atomic mass is 9.78. The zero-order valence-corrected chi connectivity index (χ0v) is 18.8. The van der Waals surface area contributed by atoms with Gasteiger partial charge in [-0.1, -0.05) is 57.0 Å². The van der Waals surface area contributed by atoms with Gasteiger partial charge in [0.2, 0.25) is 5.91 Å². The van der Waals surface area contributed by atoms with E-state index in [-0.39, 0.29) is 24.5 Å². The number of carbonyl (C=O) groups is 2. The number of benzene rings is 1. The monoisotopic (exact) mass is 410 g/mol. The first-order chi connectivity index (χ1) is 14.3. The molecule has 162 valence electrons. The number of ether oxygens (including phenoxy) is 1. The van der Waals surface area contributed by atoms with Gasteiger partial charge in [0.1, 0.15) is 6.54 Å². The number of rotatable bonds is 6. The van der Waals surface area contributed by atoms with Gasteiger partial charge in [0.15, 0.2) is 0 Å². The molecule has 2 aromatic rings. The van der Waals surface area contributed by atoms with Crippen LogP contribution in [0.25, 0.3) is 11.3 Å². The first-order valence-corrected chi connectivity index (χ1v) is 11.1. The van der Waals surface area contributed by atoms with Crippen molar-refractivity contribution in [3.05, 3.63) is 47.2 Å². The van der Waals surface area contributed by atoms with Crippen LogP contribution in [0.2, 0.25) is 0 Å². The summed E-state index contributed by atoms with van der Waals surface area (Å²) >= 11 is 0. The summed E-state index contributed by atoms with van der Waals surface area (Å²) in [6.07, 6.45) is 3.41. The Morgan fingerprint density at radius 1 is 1.13 bits per heavy atom. The van der Waals surface area contributed by atoms with Crippen molar-refractivity contribution in [3.8, 4) is 11.3 Å². The van der Waals surface area contributed by atoms with Crippen LogP contribution in [0.4, 0.5) is 0 Å². The zero-order valence-electron chi connectivity index (χ0n) is 18.8. The van der Waals surface area contributed by atoms with Gasteiger partial charge in [-0.2, -0.15) is 0 Å². The molecule has 0 spiro atoms. The Bertz CT molecular complexity index is 901. The maximum atomic E-state index is 13.0. The third kappa shape index (κ3) is 4.45. The second-order valence-corrected chi connectivity index (χ2v) is 8.55. The number of hydrogen-bond acceptors (Lipinski definition) is 3. The summed E-state index contributed by atoms with van der Waals surface area (Å²) in [5.74, 6) is 0.749. The molecule has 0 aliphatic heterocycles. The van der Waals surface area contributed by atoms with Gasteiger partial charge in [0, 0.05) is 11.7 Å². The molecule has 1 saturated carbocycles. The van der Waals surface area contributed by atoms with Crippen molar-refractivity contribution in [1.82, 2.24) is 9.88 Å². The van der Waals surface area contributed by atoms with Crippen molar-refractivity contribution in [2.45, 2.75) is 66.5 Å². The van der Waals surface area contributed by atoms with Crippen LogP contribution in [0.1, 0.15) is 61.6 Å². The number of amides is 1. The second-order valence-electron chi connectivity index (χ2n) is 8.55. The minimum absolute atomic E-state index is 0.00774. The van der Waals surface area contributed by atoms with Crippen LogP contribution >= 0.6 is 0 Å². The Balaban J connectivity index is 1.93. The Kier molecular flexibility index (Phi) is 7.01. The molecule has 0 bridgehead atoms. The van der Waals surface area contributed by atoms with Gasteiger partial charge < -0.3 is 14.6 Å². The van der Waals surface area contributed by atoms with Crippen LogP contribution in [-0.4, -0.2) is 29.1 Å². The highest BCUT2D eigenvalue weighted by Gasteiger charge is 2.29. The number of hydrogen-bond donors (Lipinski definition) is 1. The van der Waals surface area contributed by atoms with E-state index in [1.807, 2.05) is 48.7 Å². The first kappa shape index (κ1) is 22.1. The molecule has 3 rings (SSSR count). The van der Waals surface area contributed by atoms with Crippen molar-refractivity contribution < 1.29 is 14.3 Å². The summed E-state index contributed by atoms with van der Waals surface area (Å²) in [6.45, 7) is 10.6. The average Bonchev–Trinajstić information content (AvgIpc) is 2.96. The number of aromatic nitrogens is 1. The normalized spacial score (nSPS) is 21.3. The average molecular weight is 411 g/mol. The number of nitrogens with zero attached hydrogens (tertiary/aromatic N) is 1. The van der Waals surface area contributed by atoms with Crippen molar-refractivity contribution >= 4 is 11.9 Å². The molecule has 1 aliphatic carbocycles. The van der Waals surface area contributed by atoms with Crippen LogP contribution in [0.5, 0.6) is 0 Å². The summed E-state index contributed by atoms with van der Waals surface area (Å²) in [5, 5.41) is 3.26. The smallest absolute Gasteiger partial charge is 0.340 e. The molecule has 0 saturated heterocycles. The highest BCUT2D eigenvalue weighted by atomic mass is 16.5. The zero-order chi connectivity index (χ0) is 21.8. The fourth-order valence-corrected chi connectivity index (χ4v) is 4.75. The quantitative estimate of drug-likeness (QED) is 0.690. The molecule has 30 heavy (non-hydrogen) atoms. The van der Waals surface area contributed by atoms with Crippen LogP contribution in [-0.2, 0) is 16.1 Å². The van der Waals surface area contributed by atoms with E-state index in [9.17, 15) is 9.59 Å². The van der Waals surface area contributed by atoms with Gasteiger partial charge in [-0.3, -0.25) is 4.79 Å². The lowest BCUT2D eigenvalue weighted by molar-refractivity contribution is -0.123. The lowest BCUT2D eigenvalue weighted by Gasteiger charge is -2.34. The Morgan fingerprint density at radius 3 is 2.50 bits per heavy atom. The van der Waals surface area contributed by atoms with E-state index in [4.69, 9.17) is 4.74 Å². The molecule has 5 nitrogen and oxygen atoms in total. The van der Waals surface area contributed by atoms with E-state index < -0.39 is 0 Å². The van der Waals surface area contributed by atoms with Gasteiger partial charge in [0.25, 0.3) is 0 Å². The number of nitrogens with one attached hydrogen (secondary N) is 1. The fraction of sp³-hybridized carbons (Fsp3) is 0.520. The molecule has 1 N–H and O–H groups in total. The first-order valence-electron chi connectivity index (χ1n) is 11.1. The van der Waals surface area contributed by atoms with Crippen molar-refractivity contribution in [1.29, 1.82) is 0 Å². The molecule has 1 heterocycles. The fourth-order valence-electron chi connectivity index (χ4n) is 4.75. The predicted molar refractivity (Wildman–Crippen MR) is 119 cm³/mol. The molecule has 0 unspecified atom stereocenters. The van der Waals surface area contributed by atoms with E-state index >= 15 is 0 Å². The third-order valence-corrected chi connectivity index (χ3v) is 6.65. The summed E-state index contributed by atoms with van der Waals surface area (Å²) in [5.41, 5.74) is 4.07. The molecular formula is C25H34N2O3. The van der Waals surface area contributed by atoms with Gasteiger partial charge in [0.05, 0.1) is 17.9 Å². The van der Waals surface area contributed by atoms with E-state index in [1.165, 1.54) is 6.42 Å². The second kappa shape index (κ2) is 9.50. The maximum Gasteiger partial charge on any atom is 0.340 e. The van der Waals surface area contributed by atoms with Crippen LogP contribution in [0, 0.1) is 25.7 Å². The van der Waals surface area contributed by atoms with E-state index in [2.05, 4.69) is 19.2 Å². The molecule has 0 radical (unpaired) electrons. The van der Waals surface area contributed by atoms with Crippen LogP contribution in [0.15, 0.2) is 30.3 Å². The molecule has 1 aromatic heterocycles. The Hall–Kier alpha value is -2.56. The van der Waals surface area contributed by atoms with Gasteiger partial charge >= 0.3 is 5.97 Å². The highest BCUT2D eigenvalue weighted by Crippen LogP contribution is 2.32. The lowest BCUT2D eigenvalue weighted by Crippen LogP contribution is -2.44. The highest BCUT2D eigenvalue weighted by molar-refractivity contribution is 5.95. The molecule has 1 amide bonds. The molecular weight excluding hydrogens is 376 g/mol. The van der Waals surface area contributed by atoms with Crippen molar-refractivity contribution in [2.75, 3.05) is 6.61 Å². The Labute approximate surface area is 179 Å². The molecule has 1 fully saturated rings. The maximum absolute atomic E-state index is 13.0. The van der Waals surface area contributed by atoms with Gasteiger partial charge in [-0.25, -0.2) is 4.79 Å². The SMILES string of the molecule is CCOC(=O)c1c(C)c(-c2ccccc2)n(CC(=O)N[C@@H]2CCC[C@@H](C)[C@H]2C)c1C. The molecule has 3 atom stereocenters. The van der Waals surface area contributed by atoms with Crippen LogP contribution < -0.4 is 5.32 Å². The topological polar surface area (TPSA) is 60.3 Å². The summed E-state index contributed by atoms with van der Waals surface area (Å²) in [6, 6.07) is 10.1. The molecule has 1 aromatic carbocycles. The Morgan fingerprint density at radius 2 is 1.83 bits per heavy atom. The summed E-state index contributed by atoms with van der Waals surface area (Å²) in [7, 11) is 0. The number of esters is 1. The minimum atomic E-state index is -0.335. The van der Waals surface area contributed by atoms with E-state index in [0.717, 1.165) is 35.4 Å². The summed E-state index contributed by atoms with van der Waals surface area (Å²) < 4.78 is 7.25. The standard InChI is InChI=1S/C25H34N2O3/c1-6-30-25(29)23-18(4)24(20-12-8-7-9-13-20)27(19(23)5)15-22(28)26-21-14-10-11-16(2)17(21)3/h7-9,12-13,16-17,21H,6,10-11,14-15H2,1-5H3,(H,26,28)/t16-,17-,21-/m1/s1. The predicted octanol–water partition coefficient (Wildman–Crippen LogP) is 4.89. The minimum Gasteiger partial charge on any atom is -0.462 e. The summed E-state index contributed by atoms with van der Waals surface area (Å²) in [4.78, 5) is 25.7. The van der Waals surface area contributed by atoms with Gasteiger partial charge in [-0.15, -0.1) is 0 Å². The molecule has 1 aliphatic rings. The molecule has 5 heteroatoms.